The van der Waals surface area contributed by atoms with E-state index in [2.05, 4.69) is 40.8 Å². The van der Waals surface area contributed by atoms with Crippen LogP contribution in [-0.4, -0.2) is 6.54 Å². The maximum absolute atomic E-state index is 5.90. The van der Waals surface area contributed by atoms with Crippen molar-refractivity contribution < 1.29 is 0 Å². The third kappa shape index (κ3) is 3.82. The van der Waals surface area contributed by atoms with E-state index in [9.17, 15) is 0 Å². The Hall–Kier alpha value is -0.310. The fourth-order valence-electron chi connectivity index (χ4n) is 1.16. The molecule has 0 heterocycles. The van der Waals surface area contributed by atoms with Crippen LogP contribution < -0.4 is 5.32 Å². The van der Waals surface area contributed by atoms with E-state index < -0.39 is 0 Å². The van der Waals surface area contributed by atoms with Crippen molar-refractivity contribution in [2.24, 2.45) is 0 Å². The molecule has 1 rings (SSSR count). The van der Waals surface area contributed by atoms with Gasteiger partial charge in [0.15, 0.2) is 0 Å². The molecule has 0 bridgehead atoms. The summed E-state index contributed by atoms with van der Waals surface area (Å²) >= 11 is 9.20. The molecule has 0 spiro atoms. The normalized spacial score (nSPS) is 12.5. The van der Waals surface area contributed by atoms with Gasteiger partial charge in [0.05, 0.1) is 0 Å². The zero-order valence-electron chi connectivity index (χ0n) is 8.06. The quantitative estimate of drug-likeness (QED) is 0.878. The first kappa shape index (κ1) is 11.8. The van der Waals surface area contributed by atoms with Crippen molar-refractivity contribution in [1.82, 2.24) is 5.32 Å². The largest absolute Gasteiger partial charge is 0.306 e. The van der Waals surface area contributed by atoms with Crippen LogP contribution in [0.25, 0.3) is 0 Å². The first-order valence-electron chi connectivity index (χ1n) is 4.41. The van der Waals surface area contributed by atoms with E-state index in [4.69, 9.17) is 11.6 Å². The first-order valence-corrected chi connectivity index (χ1v) is 5.59. The molecule has 3 heteroatoms. The summed E-state index contributed by atoms with van der Waals surface area (Å²) in [6.45, 7) is 6.62. The van der Waals surface area contributed by atoms with Gasteiger partial charge < -0.3 is 5.32 Å². The average molecular weight is 275 g/mol. The van der Waals surface area contributed by atoms with Crippen LogP contribution in [-0.2, 0) is 0 Å². The molecule has 0 saturated heterocycles. The molecule has 1 atom stereocenters. The van der Waals surface area contributed by atoms with Crippen molar-refractivity contribution in [2.75, 3.05) is 6.54 Å². The minimum absolute atomic E-state index is 0.281. The number of rotatable bonds is 4. The van der Waals surface area contributed by atoms with E-state index in [1.165, 1.54) is 5.56 Å². The summed E-state index contributed by atoms with van der Waals surface area (Å²) in [5.41, 5.74) is 1.19. The summed E-state index contributed by atoms with van der Waals surface area (Å²) in [7, 11) is 0. The van der Waals surface area contributed by atoms with Crippen molar-refractivity contribution in [1.29, 1.82) is 0 Å². The number of halogens is 2. The van der Waals surface area contributed by atoms with Gasteiger partial charge in [0, 0.05) is 22.1 Å². The van der Waals surface area contributed by atoms with E-state index in [1.54, 1.807) is 0 Å². The molecule has 0 aliphatic rings. The lowest BCUT2D eigenvalue weighted by Gasteiger charge is -2.13. The standard InChI is InChI=1S/C11H13BrClN/c1-8(12)7-14-9(2)10-4-3-5-11(13)6-10/h3-6,9,14H,1,7H2,2H3/t9-/m0/s1. The van der Waals surface area contributed by atoms with E-state index >= 15 is 0 Å². The lowest BCUT2D eigenvalue weighted by Crippen LogP contribution is -2.19. The van der Waals surface area contributed by atoms with Crippen LogP contribution in [0.1, 0.15) is 18.5 Å². The van der Waals surface area contributed by atoms with Gasteiger partial charge in [-0.3, -0.25) is 0 Å². The van der Waals surface area contributed by atoms with Crippen LogP contribution in [0.3, 0.4) is 0 Å². The highest BCUT2D eigenvalue weighted by molar-refractivity contribution is 9.11. The van der Waals surface area contributed by atoms with Gasteiger partial charge in [-0.2, -0.15) is 0 Å². The smallest absolute Gasteiger partial charge is 0.0409 e. The van der Waals surface area contributed by atoms with E-state index in [0.717, 1.165) is 16.0 Å². The van der Waals surface area contributed by atoms with Crippen LogP contribution in [0, 0.1) is 0 Å². The van der Waals surface area contributed by atoms with E-state index in [-0.39, 0.29) is 6.04 Å². The monoisotopic (exact) mass is 273 g/mol. The fraction of sp³-hybridized carbons (Fsp3) is 0.273. The van der Waals surface area contributed by atoms with Crippen LogP contribution >= 0.6 is 27.5 Å². The molecule has 0 unspecified atom stereocenters. The maximum Gasteiger partial charge on any atom is 0.0409 e. The van der Waals surface area contributed by atoms with E-state index in [0.29, 0.717) is 0 Å². The minimum atomic E-state index is 0.281. The zero-order valence-corrected chi connectivity index (χ0v) is 10.4. The Balaban J connectivity index is 2.60. The van der Waals surface area contributed by atoms with Gasteiger partial charge in [-0.25, -0.2) is 0 Å². The highest BCUT2D eigenvalue weighted by Crippen LogP contribution is 2.17. The van der Waals surface area contributed by atoms with Crippen molar-refractivity contribution in [2.45, 2.75) is 13.0 Å². The predicted molar refractivity (Wildman–Crippen MR) is 65.9 cm³/mol. The Labute approximate surface area is 98.3 Å². The molecule has 14 heavy (non-hydrogen) atoms. The topological polar surface area (TPSA) is 12.0 Å². The second kappa shape index (κ2) is 5.54. The van der Waals surface area contributed by atoms with Gasteiger partial charge in [-0.1, -0.05) is 46.2 Å². The first-order chi connectivity index (χ1) is 6.59. The van der Waals surface area contributed by atoms with Gasteiger partial charge in [0.2, 0.25) is 0 Å². The van der Waals surface area contributed by atoms with Gasteiger partial charge in [-0.05, 0) is 24.6 Å². The van der Waals surface area contributed by atoms with Crippen LogP contribution in [0.5, 0.6) is 0 Å². The minimum Gasteiger partial charge on any atom is -0.306 e. The summed E-state index contributed by atoms with van der Waals surface area (Å²) in [5, 5.41) is 4.09. The molecule has 1 N–H and O–H groups in total. The summed E-state index contributed by atoms with van der Waals surface area (Å²) in [6, 6.07) is 8.14. The zero-order chi connectivity index (χ0) is 10.6. The second-order valence-electron chi connectivity index (χ2n) is 3.17. The van der Waals surface area contributed by atoms with Crippen molar-refractivity contribution in [3.63, 3.8) is 0 Å². The Morgan fingerprint density at radius 1 is 1.64 bits per heavy atom. The summed E-state index contributed by atoms with van der Waals surface area (Å²) in [4.78, 5) is 0. The molecule has 0 aromatic heterocycles. The van der Waals surface area contributed by atoms with Crippen molar-refractivity contribution in [3.8, 4) is 0 Å². The molecule has 0 saturated carbocycles. The number of hydrogen-bond acceptors (Lipinski definition) is 1. The number of hydrogen-bond donors (Lipinski definition) is 1. The molecular weight excluding hydrogens is 261 g/mol. The molecule has 0 fully saturated rings. The Morgan fingerprint density at radius 3 is 2.93 bits per heavy atom. The third-order valence-electron chi connectivity index (χ3n) is 1.95. The number of nitrogens with one attached hydrogen (secondary N) is 1. The highest BCUT2D eigenvalue weighted by atomic mass is 79.9. The molecule has 0 radical (unpaired) electrons. The predicted octanol–water partition coefficient (Wildman–Crippen LogP) is 3.90. The molecule has 0 aliphatic heterocycles. The third-order valence-corrected chi connectivity index (χ3v) is 2.46. The SMILES string of the molecule is C=C(Br)CN[C@@H](C)c1cccc(Cl)c1. The summed E-state index contributed by atoms with van der Waals surface area (Å²) < 4.78 is 0.950. The van der Waals surface area contributed by atoms with Crippen molar-refractivity contribution >= 4 is 27.5 Å². The highest BCUT2D eigenvalue weighted by Gasteiger charge is 2.04. The average Bonchev–Trinajstić information content (AvgIpc) is 2.14. The second-order valence-corrected chi connectivity index (χ2v) is 4.73. The molecule has 1 nitrogen and oxygen atoms in total. The Bertz CT molecular complexity index is 325. The lowest BCUT2D eigenvalue weighted by molar-refractivity contribution is 0.616. The molecule has 0 aliphatic carbocycles. The van der Waals surface area contributed by atoms with E-state index in [1.807, 2.05) is 18.2 Å². The Kier molecular flexibility index (Phi) is 4.66. The summed E-state index contributed by atoms with van der Waals surface area (Å²) in [5.74, 6) is 0. The summed E-state index contributed by atoms with van der Waals surface area (Å²) in [6.07, 6.45) is 0. The Morgan fingerprint density at radius 2 is 2.36 bits per heavy atom. The van der Waals surface area contributed by atoms with Crippen LogP contribution in [0.15, 0.2) is 35.3 Å². The number of benzene rings is 1. The molecule has 0 amide bonds. The maximum atomic E-state index is 5.90. The molecular formula is C11H13BrClN. The van der Waals surface area contributed by atoms with Gasteiger partial charge >= 0.3 is 0 Å². The van der Waals surface area contributed by atoms with Gasteiger partial charge in [0.25, 0.3) is 0 Å². The lowest BCUT2D eigenvalue weighted by atomic mass is 10.1. The fourth-order valence-corrected chi connectivity index (χ4v) is 1.52. The van der Waals surface area contributed by atoms with Crippen LogP contribution in [0.4, 0.5) is 0 Å². The molecule has 1 aromatic carbocycles. The van der Waals surface area contributed by atoms with Crippen molar-refractivity contribution in [3.05, 3.63) is 45.9 Å². The van der Waals surface area contributed by atoms with Crippen LogP contribution in [0.2, 0.25) is 5.02 Å². The molecule has 76 valence electrons. The van der Waals surface area contributed by atoms with Gasteiger partial charge in [-0.15, -0.1) is 0 Å². The molecule has 1 aromatic rings. The van der Waals surface area contributed by atoms with Gasteiger partial charge in [0.1, 0.15) is 0 Å².